The van der Waals surface area contributed by atoms with Crippen LogP contribution in [0, 0.1) is 9.39 Å². The Kier molecular flexibility index (Phi) is 8.89. The van der Waals surface area contributed by atoms with Crippen LogP contribution in [0.5, 0.6) is 11.5 Å². The van der Waals surface area contributed by atoms with Gasteiger partial charge in [0.15, 0.2) is 11.6 Å². The monoisotopic (exact) mass is 557 g/mol. The smallest absolute Gasteiger partial charge is 0.329 e. The van der Waals surface area contributed by atoms with Crippen LogP contribution in [0.2, 0.25) is 0 Å². The van der Waals surface area contributed by atoms with Crippen molar-refractivity contribution in [3.63, 3.8) is 0 Å². The summed E-state index contributed by atoms with van der Waals surface area (Å²) in [7, 11) is 0. The van der Waals surface area contributed by atoms with Gasteiger partial charge in [0.2, 0.25) is 5.91 Å². The minimum atomic E-state index is -0.840. The van der Waals surface area contributed by atoms with E-state index in [4.69, 9.17) is 4.74 Å². The molecular formula is C24H29FINO5. The molecule has 0 fully saturated rings. The number of aromatic hydroxyl groups is 2. The topological polar surface area (TPSA) is 87.1 Å². The first kappa shape index (κ1) is 25.9. The van der Waals surface area contributed by atoms with Crippen LogP contribution >= 0.6 is 22.6 Å². The van der Waals surface area contributed by atoms with Gasteiger partial charge in [0, 0.05) is 19.4 Å². The molecule has 2 aromatic carbocycles. The van der Waals surface area contributed by atoms with Gasteiger partial charge in [-0.15, -0.1) is 0 Å². The predicted molar refractivity (Wildman–Crippen MR) is 128 cm³/mol. The summed E-state index contributed by atoms with van der Waals surface area (Å²) in [6.07, 6.45) is 0.576. The van der Waals surface area contributed by atoms with Crippen LogP contribution in [0.15, 0.2) is 36.4 Å². The number of ether oxygens (including phenoxy) is 1. The van der Waals surface area contributed by atoms with Gasteiger partial charge in [0.25, 0.3) is 0 Å². The fourth-order valence-electron chi connectivity index (χ4n) is 3.27. The molecule has 2 N–H and O–H groups in total. The molecule has 0 aliphatic rings. The zero-order valence-corrected chi connectivity index (χ0v) is 20.8. The van der Waals surface area contributed by atoms with E-state index < -0.39 is 29.2 Å². The Balaban J connectivity index is 2.22. The molecule has 0 heterocycles. The molecule has 1 amide bonds. The predicted octanol–water partition coefficient (Wildman–Crippen LogP) is 4.58. The molecule has 2 aromatic rings. The third kappa shape index (κ3) is 7.36. The number of rotatable bonds is 8. The van der Waals surface area contributed by atoms with Gasteiger partial charge in [-0.3, -0.25) is 4.79 Å². The summed E-state index contributed by atoms with van der Waals surface area (Å²) >= 11 is 1.84. The first-order valence-corrected chi connectivity index (χ1v) is 11.5. The Bertz CT molecular complexity index is 933. The number of benzene rings is 2. The first-order chi connectivity index (χ1) is 14.9. The molecule has 0 aliphatic heterocycles. The molecule has 0 aromatic heterocycles. The van der Waals surface area contributed by atoms with Gasteiger partial charge >= 0.3 is 5.97 Å². The van der Waals surface area contributed by atoms with E-state index in [1.54, 1.807) is 45.9 Å². The van der Waals surface area contributed by atoms with Crippen molar-refractivity contribution in [1.82, 2.24) is 4.90 Å². The van der Waals surface area contributed by atoms with Crippen LogP contribution in [0.1, 0.15) is 45.2 Å². The summed E-state index contributed by atoms with van der Waals surface area (Å²) in [5.41, 5.74) is 0.647. The van der Waals surface area contributed by atoms with Crippen molar-refractivity contribution in [3.8, 4) is 11.5 Å². The van der Waals surface area contributed by atoms with Crippen molar-refractivity contribution in [2.75, 3.05) is 6.54 Å². The van der Waals surface area contributed by atoms with Crippen molar-refractivity contribution in [3.05, 3.63) is 56.9 Å². The second-order valence-electron chi connectivity index (χ2n) is 8.51. The number of carbonyl (C=O) groups is 2. The van der Waals surface area contributed by atoms with Crippen LogP contribution in [0.4, 0.5) is 4.39 Å². The fraction of sp³-hybridized carbons (Fsp3) is 0.417. The Morgan fingerprint density at radius 2 is 1.75 bits per heavy atom. The molecule has 1 atom stereocenters. The van der Waals surface area contributed by atoms with Crippen LogP contribution in [0.25, 0.3) is 0 Å². The fourth-order valence-corrected chi connectivity index (χ4v) is 3.93. The largest absolute Gasteiger partial charge is 0.508 e. The highest BCUT2D eigenvalue weighted by Gasteiger charge is 2.32. The van der Waals surface area contributed by atoms with Crippen LogP contribution in [-0.2, 0) is 27.2 Å². The molecule has 1 unspecified atom stereocenters. The molecule has 8 heteroatoms. The van der Waals surface area contributed by atoms with Gasteiger partial charge in [-0.25, -0.2) is 9.18 Å². The highest BCUT2D eigenvalue weighted by Crippen LogP contribution is 2.25. The van der Waals surface area contributed by atoms with Gasteiger partial charge in [-0.1, -0.05) is 12.1 Å². The van der Waals surface area contributed by atoms with Gasteiger partial charge in [-0.05, 0) is 92.1 Å². The van der Waals surface area contributed by atoms with Crippen molar-refractivity contribution < 1.29 is 28.9 Å². The van der Waals surface area contributed by atoms with E-state index in [1.807, 2.05) is 22.6 Å². The van der Waals surface area contributed by atoms with E-state index in [0.29, 0.717) is 15.7 Å². The zero-order chi connectivity index (χ0) is 24.1. The molecule has 2 rings (SSSR count). The number of phenolic OH excluding ortho intramolecular Hbond substituents is 2. The van der Waals surface area contributed by atoms with Crippen molar-refractivity contribution in [2.24, 2.45) is 0 Å². The number of hydrogen-bond acceptors (Lipinski definition) is 5. The van der Waals surface area contributed by atoms with E-state index >= 15 is 0 Å². The maximum absolute atomic E-state index is 13.8. The normalized spacial score (nSPS) is 12.3. The first-order valence-electron chi connectivity index (χ1n) is 10.4. The van der Waals surface area contributed by atoms with Crippen molar-refractivity contribution in [2.45, 2.75) is 58.6 Å². The summed E-state index contributed by atoms with van der Waals surface area (Å²) in [5.74, 6) is -1.79. The summed E-state index contributed by atoms with van der Waals surface area (Å²) in [5, 5.41) is 19.1. The van der Waals surface area contributed by atoms with Crippen LogP contribution < -0.4 is 0 Å². The van der Waals surface area contributed by atoms with E-state index in [9.17, 15) is 24.2 Å². The summed E-state index contributed by atoms with van der Waals surface area (Å²) in [6.45, 7) is 7.38. The van der Waals surface area contributed by atoms with Crippen molar-refractivity contribution in [1.29, 1.82) is 0 Å². The summed E-state index contributed by atoms with van der Waals surface area (Å²) < 4.78 is 19.8. The second-order valence-corrected chi connectivity index (χ2v) is 9.67. The number of phenols is 2. The van der Waals surface area contributed by atoms with E-state index in [2.05, 4.69) is 0 Å². The number of carbonyl (C=O) groups excluding carboxylic acids is 2. The van der Waals surface area contributed by atoms with Crippen molar-refractivity contribution >= 4 is 34.5 Å². The third-order valence-corrected chi connectivity index (χ3v) is 5.61. The lowest BCUT2D eigenvalue weighted by Gasteiger charge is -2.32. The number of likely N-dealkylation sites (N-methyl/N-ethyl adjacent to an activating group) is 1. The average molecular weight is 557 g/mol. The molecule has 0 aliphatic carbocycles. The highest BCUT2D eigenvalue weighted by atomic mass is 127. The molecule has 32 heavy (non-hydrogen) atoms. The Labute approximate surface area is 201 Å². The molecular weight excluding hydrogens is 528 g/mol. The number of hydrogen-bond donors (Lipinski definition) is 2. The zero-order valence-electron chi connectivity index (χ0n) is 18.7. The number of halogens is 2. The molecule has 0 saturated carbocycles. The lowest BCUT2D eigenvalue weighted by molar-refractivity contribution is -0.164. The maximum atomic E-state index is 13.8. The molecule has 0 saturated heterocycles. The summed E-state index contributed by atoms with van der Waals surface area (Å²) in [4.78, 5) is 27.5. The minimum Gasteiger partial charge on any atom is -0.508 e. The molecule has 174 valence electrons. The van der Waals surface area contributed by atoms with Gasteiger partial charge in [0.1, 0.15) is 17.4 Å². The minimum absolute atomic E-state index is 0.0724. The van der Waals surface area contributed by atoms with Gasteiger partial charge < -0.3 is 19.8 Å². The average Bonchev–Trinajstić information content (AvgIpc) is 2.70. The quantitative estimate of drug-likeness (QED) is 0.367. The summed E-state index contributed by atoms with van der Waals surface area (Å²) in [6, 6.07) is 8.46. The number of aryl methyl sites for hydroxylation is 1. The SMILES string of the molecule is CCN(C(=O)CCc1cc(F)c(O)c(I)c1)C(Cc1ccc(O)cc1)C(=O)OC(C)(C)C. The van der Waals surface area contributed by atoms with Crippen LogP contribution in [-0.4, -0.2) is 45.2 Å². The number of amides is 1. The standard InChI is InChI=1S/C24H29FINO5/c1-5-27(21(29)11-8-16-12-18(25)22(30)19(26)13-16)20(23(31)32-24(2,3)4)14-15-6-9-17(28)10-7-15/h6-7,9-10,12-13,20,28,30H,5,8,11,14H2,1-4H3. The Hall–Kier alpha value is -2.36. The number of nitrogens with zero attached hydrogens (tertiary/aromatic N) is 1. The van der Waals surface area contributed by atoms with E-state index in [0.717, 1.165) is 5.56 Å². The molecule has 0 spiro atoms. The third-order valence-electron chi connectivity index (χ3n) is 4.79. The maximum Gasteiger partial charge on any atom is 0.329 e. The molecule has 6 nitrogen and oxygen atoms in total. The van der Waals surface area contributed by atoms with E-state index in [1.165, 1.54) is 23.1 Å². The molecule has 0 radical (unpaired) electrons. The second kappa shape index (κ2) is 11.0. The van der Waals surface area contributed by atoms with E-state index in [-0.39, 0.29) is 30.9 Å². The Morgan fingerprint density at radius 3 is 2.28 bits per heavy atom. The number of esters is 1. The van der Waals surface area contributed by atoms with Gasteiger partial charge in [-0.2, -0.15) is 0 Å². The molecule has 0 bridgehead atoms. The highest BCUT2D eigenvalue weighted by molar-refractivity contribution is 14.1. The Morgan fingerprint density at radius 1 is 1.12 bits per heavy atom. The lowest BCUT2D eigenvalue weighted by Crippen LogP contribution is -2.48. The van der Waals surface area contributed by atoms with Crippen LogP contribution in [0.3, 0.4) is 0 Å². The lowest BCUT2D eigenvalue weighted by atomic mass is 10.0. The van der Waals surface area contributed by atoms with Gasteiger partial charge in [0.05, 0.1) is 3.57 Å².